The van der Waals surface area contributed by atoms with Crippen molar-refractivity contribution in [1.29, 1.82) is 0 Å². The van der Waals surface area contributed by atoms with Crippen LogP contribution >= 0.6 is 12.4 Å². The number of para-hydroxylation sites is 2. The third kappa shape index (κ3) is 4.44. The highest BCUT2D eigenvalue weighted by molar-refractivity contribution is 6.01. The fourth-order valence-corrected chi connectivity index (χ4v) is 3.55. The van der Waals surface area contributed by atoms with Gasteiger partial charge in [0.1, 0.15) is 5.75 Å². The largest absolute Gasteiger partial charge is 0.495 e. The van der Waals surface area contributed by atoms with Gasteiger partial charge in [0, 0.05) is 25.0 Å². The molecule has 138 valence electrons. The first kappa shape index (κ1) is 19.5. The van der Waals surface area contributed by atoms with Crippen molar-refractivity contribution >= 4 is 29.9 Å². The number of methoxy groups -OCH3 is 1. The fourth-order valence-electron chi connectivity index (χ4n) is 3.55. The van der Waals surface area contributed by atoms with Crippen molar-refractivity contribution < 1.29 is 14.3 Å². The zero-order valence-electron chi connectivity index (χ0n) is 14.7. The summed E-state index contributed by atoms with van der Waals surface area (Å²) >= 11 is 0. The number of hydrogen-bond donors (Lipinski definition) is 2. The Labute approximate surface area is 154 Å². The number of nitrogens with one attached hydrogen (secondary N) is 2. The van der Waals surface area contributed by atoms with E-state index in [0.29, 0.717) is 18.3 Å². The molecule has 2 heterocycles. The molecule has 2 aliphatic rings. The summed E-state index contributed by atoms with van der Waals surface area (Å²) in [6.07, 6.45) is 2.13. The molecular weight excluding hydrogens is 342 g/mol. The van der Waals surface area contributed by atoms with Gasteiger partial charge in [0.05, 0.1) is 18.7 Å². The smallest absolute Gasteiger partial charge is 0.227 e. The minimum atomic E-state index is -0.299. The van der Waals surface area contributed by atoms with Crippen molar-refractivity contribution in [3.8, 4) is 5.75 Å². The third-order valence-electron chi connectivity index (χ3n) is 4.84. The summed E-state index contributed by atoms with van der Waals surface area (Å²) < 4.78 is 5.33. The highest BCUT2D eigenvalue weighted by Gasteiger charge is 2.37. The molecule has 3 rings (SSSR count). The van der Waals surface area contributed by atoms with E-state index in [1.807, 2.05) is 24.3 Å². The minimum absolute atomic E-state index is 0. The number of halogens is 1. The monoisotopic (exact) mass is 367 g/mol. The van der Waals surface area contributed by atoms with Crippen LogP contribution in [0.4, 0.5) is 5.69 Å². The summed E-state index contributed by atoms with van der Waals surface area (Å²) in [4.78, 5) is 26.6. The van der Waals surface area contributed by atoms with Crippen LogP contribution < -0.4 is 20.3 Å². The first-order chi connectivity index (χ1) is 11.6. The van der Waals surface area contributed by atoms with Crippen molar-refractivity contribution in [2.24, 2.45) is 5.92 Å². The van der Waals surface area contributed by atoms with Crippen molar-refractivity contribution in [2.75, 3.05) is 25.1 Å². The normalized spacial score (nSPS) is 26.1. The van der Waals surface area contributed by atoms with Crippen LogP contribution in [0.25, 0.3) is 0 Å². The summed E-state index contributed by atoms with van der Waals surface area (Å²) in [5, 5.41) is 6.50. The molecule has 1 aromatic carbocycles. The maximum absolute atomic E-state index is 12.6. The van der Waals surface area contributed by atoms with E-state index >= 15 is 0 Å². The number of rotatable bonds is 4. The van der Waals surface area contributed by atoms with Crippen LogP contribution in [0, 0.1) is 5.92 Å². The van der Waals surface area contributed by atoms with E-state index in [2.05, 4.69) is 17.6 Å². The molecule has 0 radical (unpaired) electrons. The Morgan fingerprint density at radius 3 is 2.84 bits per heavy atom. The number of hydrogen-bond acceptors (Lipinski definition) is 4. The molecule has 2 amide bonds. The molecule has 3 unspecified atom stereocenters. The third-order valence-corrected chi connectivity index (χ3v) is 4.84. The summed E-state index contributed by atoms with van der Waals surface area (Å²) in [5.41, 5.74) is 0.732. The number of nitrogens with zero attached hydrogens (tertiary/aromatic N) is 1. The van der Waals surface area contributed by atoms with Crippen LogP contribution in [0.15, 0.2) is 24.3 Å². The Morgan fingerprint density at radius 1 is 1.36 bits per heavy atom. The first-order valence-electron chi connectivity index (χ1n) is 8.55. The average Bonchev–Trinajstić information content (AvgIpc) is 2.96. The SMILES string of the molecule is COc1ccccc1N1CC(C(=O)NC2CCNC(C)C2)CC1=O.Cl. The predicted molar refractivity (Wildman–Crippen MR) is 99.3 cm³/mol. The van der Waals surface area contributed by atoms with Crippen LogP contribution in [0.1, 0.15) is 26.2 Å². The van der Waals surface area contributed by atoms with E-state index in [4.69, 9.17) is 4.74 Å². The Morgan fingerprint density at radius 2 is 2.12 bits per heavy atom. The second-order valence-electron chi connectivity index (χ2n) is 6.66. The number of amides is 2. The molecule has 6 nitrogen and oxygen atoms in total. The molecule has 7 heteroatoms. The van der Waals surface area contributed by atoms with Crippen molar-refractivity contribution in [3.63, 3.8) is 0 Å². The maximum atomic E-state index is 12.6. The van der Waals surface area contributed by atoms with Gasteiger partial charge in [0.2, 0.25) is 11.8 Å². The topological polar surface area (TPSA) is 70.7 Å². The summed E-state index contributed by atoms with van der Waals surface area (Å²) in [6, 6.07) is 8.03. The van der Waals surface area contributed by atoms with Gasteiger partial charge in [-0.05, 0) is 38.4 Å². The molecule has 0 aliphatic carbocycles. The van der Waals surface area contributed by atoms with Gasteiger partial charge in [-0.1, -0.05) is 12.1 Å². The second-order valence-corrected chi connectivity index (χ2v) is 6.66. The van der Waals surface area contributed by atoms with Crippen molar-refractivity contribution in [1.82, 2.24) is 10.6 Å². The van der Waals surface area contributed by atoms with E-state index in [9.17, 15) is 9.59 Å². The van der Waals surface area contributed by atoms with E-state index in [1.165, 1.54) is 0 Å². The van der Waals surface area contributed by atoms with Crippen molar-refractivity contribution in [3.05, 3.63) is 24.3 Å². The zero-order chi connectivity index (χ0) is 17.1. The van der Waals surface area contributed by atoms with E-state index in [0.717, 1.165) is 25.1 Å². The number of piperidine rings is 1. The second kappa shape index (κ2) is 8.54. The Hall–Kier alpha value is -1.79. The standard InChI is InChI=1S/C18H25N3O3.ClH/c1-12-9-14(7-8-19-12)20-18(23)13-10-17(22)21(11-13)15-5-3-4-6-16(15)24-2;/h3-6,12-14,19H,7-11H2,1-2H3,(H,20,23);1H. The van der Waals surface area contributed by atoms with Gasteiger partial charge >= 0.3 is 0 Å². The van der Waals surface area contributed by atoms with Crippen molar-refractivity contribution in [2.45, 2.75) is 38.3 Å². The molecule has 0 spiro atoms. The van der Waals surface area contributed by atoms with Crippen LogP contribution in [-0.2, 0) is 9.59 Å². The number of anilines is 1. The van der Waals surface area contributed by atoms with E-state index in [1.54, 1.807) is 12.0 Å². The molecule has 25 heavy (non-hydrogen) atoms. The van der Waals surface area contributed by atoms with Gasteiger partial charge in [-0.25, -0.2) is 0 Å². The number of ether oxygens (including phenoxy) is 1. The Kier molecular flexibility index (Phi) is 6.67. The first-order valence-corrected chi connectivity index (χ1v) is 8.55. The molecular formula is C18H26ClN3O3. The number of carbonyl (C=O) groups is 2. The highest BCUT2D eigenvalue weighted by atomic mass is 35.5. The molecule has 2 saturated heterocycles. The molecule has 3 atom stereocenters. The van der Waals surface area contributed by atoms with Crippen LogP contribution in [0.5, 0.6) is 5.75 Å². The van der Waals surface area contributed by atoms with Crippen LogP contribution in [0.2, 0.25) is 0 Å². The number of benzene rings is 1. The van der Waals surface area contributed by atoms with E-state index < -0.39 is 0 Å². The molecule has 0 bridgehead atoms. The molecule has 2 fully saturated rings. The molecule has 0 aromatic heterocycles. The molecule has 2 aliphatic heterocycles. The van der Waals surface area contributed by atoms with Gasteiger partial charge in [-0.3, -0.25) is 9.59 Å². The fraction of sp³-hybridized carbons (Fsp3) is 0.556. The molecule has 2 N–H and O–H groups in total. The maximum Gasteiger partial charge on any atom is 0.227 e. The lowest BCUT2D eigenvalue weighted by atomic mass is 9.99. The summed E-state index contributed by atoms with van der Waals surface area (Å²) in [5.74, 6) is 0.310. The molecule has 0 saturated carbocycles. The Bertz CT molecular complexity index is 625. The quantitative estimate of drug-likeness (QED) is 0.850. The van der Waals surface area contributed by atoms with Gasteiger partial charge in [0.25, 0.3) is 0 Å². The Balaban J connectivity index is 0.00000225. The van der Waals surface area contributed by atoms with Crippen LogP contribution in [-0.4, -0.2) is 44.1 Å². The lowest BCUT2D eigenvalue weighted by molar-refractivity contribution is -0.127. The van der Waals surface area contributed by atoms with Gasteiger partial charge in [-0.15, -0.1) is 12.4 Å². The van der Waals surface area contributed by atoms with Gasteiger partial charge < -0.3 is 20.3 Å². The summed E-state index contributed by atoms with van der Waals surface area (Å²) in [7, 11) is 1.59. The summed E-state index contributed by atoms with van der Waals surface area (Å²) in [6.45, 7) is 3.45. The molecule has 1 aromatic rings. The van der Waals surface area contributed by atoms with Crippen LogP contribution in [0.3, 0.4) is 0 Å². The minimum Gasteiger partial charge on any atom is -0.495 e. The predicted octanol–water partition coefficient (Wildman–Crippen LogP) is 1.73. The highest BCUT2D eigenvalue weighted by Crippen LogP contribution is 2.32. The zero-order valence-corrected chi connectivity index (χ0v) is 15.5. The van der Waals surface area contributed by atoms with E-state index in [-0.39, 0.29) is 42.6 Å². The lowest BCUT2D eigenvalue weighted by Gasteiger charge is -2.29. The van der Waals surface area contributed by atoms with Gasteiger partial charge in [-0.2, -0.15) is 0 Å². The van der Waals surface area contributed by atoms with Gasteiger partial charge in [0.15, 0.2) is 0 Å². The average molecular weight is 368 g/mol. The lowest BCUT2D eigenvalue weighted by Crippen LogP contribution is -2.48. The number of carbonyl (C=O) groups excluding carboxylic acids is 2.